The van der Waals surface area contributed by atoms with E-state index in [1.54, 1.807) is 6.07 Å². The SMILES string of the molecule is CNc1ccc(Oc2ccc(C(F)(F)F)cc2)c2nc(C)ccc12. The monoisotopic (exact) mass is 332 g/mol. The van der Waals surface area contributed by atoms with E-state index in [0.29, 0.717) is 17.0 Å². The van der Waals surface area contributed by atoms with Gasteiger partial charge in [0, 0.05) is 23.8 Å². The quantitative estimate of drug-likeness (QED) is 0.697. The van der Waals surface area contributed by atoms with Gasteiger partial charge in [-0.05, 0) is 55.5 Å². The van der Waals surface area contributed by atoms with Crippen LogP contribution in [-0.2, 0) is 6.18 Å². The fraction of sp³-hybridized carbons (Fsp3) is 0.167. The molecular formula is C18H15F3N2O. The Labute approximate surface area is 137 Å². The number of ether oxygens (including phenoxy) is 1. The Morgan fingerprint density at radius 3 is 2.29 bits per heavy atom. The van der Waals surface area contributed by atoms with Crippen molar-refractivity contribution >= 4 is 16.6 Å². The number of pyridine rings is 1. The highest BCUT2D eigenvalue weighted by molar-refractivity contribution is 5.95. The number of nitrogens with one attached hydrogen (secondary N) is 1. The lowest BCUT2D eigenvalue weighted by molar-refractivity contribution is -0.137. The van der Waals surface area contributed by atoms with Crippen molar-refractivity contribution in [2.45, 2.75) is 13.1 Å². The lowest BCUT2D eigenvalue weighted by Gasteiger charge is -2.13. The Balaban J connectivity index is 2.00. The summed E-state index contributed by atoms with van der Waals surface area (Å²) in [6.07, 6.45) is -4.36. The Bertz CT molecular complexity index is 874. The summed E-state index contributed by atoms with van der Waals surface area (Å²) >= 11 is 0. The van der Waals surface area contributed by atoms with E-state index in [9.17, 15) is 13.2 Å². The van der Waals surface area contributed by atoms with E-state index in [1.807, 2.05) is 32.2 Å². The third-order valence-corrected chi connectivity index (χ3v) is 3.64. The van der Waals surface area contributed by atoms with Crippen LogP contribution in [0, 0.1) is 6.92 Å². The number of rotatable bonds is 3. The zero-order chi connectivity index (χ0) is 17.3. The molecule has 1 heterocycles. The molecule has 0 radical (unpaired) electrons. The average molecular weight is 332 g/mol. The van der Waals surface area contributed by atoms with Crippen LogP contribution >= 0.6 is 0 Å². The number of hydrogen-bond donors (Lipinski definition) is 1. The molecule has 0 fully saturated rings. The largest absolute Gasteiger partial charge is 0.455 e. The maximum absolute atomic E-state index is 12.6. The summed E-state index contributed by atoms with van der Waals surface area (Å²) in [4.78, 5) is 4.49. The highest BCUT2D eigenvalue weighted by Gasteiger charge is 2.30. The van der Waals surface area contributed by atoms with Crippen molar-refractivity contribution in [2.24, 2.45) is 0 Å². The predicted octanol–water partition coefficient (Wildman–Crippen LogP) is 5.40. The number of aryl methyl sites for hydroxylation is 1. The minimum Gasteiger partial charge on any atom is -0.455 e. The third-order valence-electron chi connectivity index (χ3n) is 3.64. The number of fused-ring (bicyclic) bond motifs is 1. The van der Waals surface area contributed by atoms with Gasteiger partial charge in [-0.1, -0.05) is 0 Å². The molecule has 124 valence electrons. The number of aromatic nitrogens is 1. The first-order valence-corrected chi connectivity index (χ1v) is 7.32. The molecule has 0 aliphatic carbocycles. The van der Waals surface area contributed by atoms with Crippen LogP contribution in [0.4, 0.5) is 18.9 Å². The van der Waals surface area contributed by atoms with Crippen molar-refractivity contribution in [1.82, 2.24) is 4.98 Å². The van der Waals surface area contributed by atoms with Crippen molar-refractivity contribution in [3.05, 3.63) is 59.8 Å². The van der Waals surface area contributed by atoms with Crippen LogP contribution in [0.3, 0.4) is 0 Å². The van der Waals surface area contributed by atoms with Crippen LogP contribution in [0.25, 0.3) is 10.9 Å². The standard InChI is InChI=1S/C18H15F3N2O/c1-11-3-8-14-15(22-2)9-10-16(17(14)23-11)24-13-6-4-12(5-7-13)18(19,20)21/h3-10,22H,1-2H3. The molecule has 0 atom stereocenters. The summed E-state index contributed by atoms with van der Waals surface area (Å²) in [5.41, 5.74) is 1.67. The minimum atomic E-state index is -4.36. The van der Waals surface area contributed by atoms with E-state index in [-0.39, 0.29) is 0 Å². The fourth-order valence-corrected chi connectivity index (χ4v) is 2.43. The van der Waals surface area contributed by atoms with Crippen LogP contribution in [-0.4, -0.2) is 12.0 Å². The molecule has 0 saturated carbocycles. The Kier molecular flexibility index (Phi) is 4.05. The number of alkyl halides is 3. The van der Waals surface area contributed by atoms with Gasteiger partial charge in [0.25, 0.3) is 0 Å². The molecule has 3 rings (SSSR count). The van der Waals surface area contributed by atoms with Crippen LogP contribution in [0.1, 0.15) is 11.3 Å². The van der Waals surface area contributed by atoms with E-state index in [2.05, 4.69) is 10.3 Å². The molecule has 1 N–H and O–H groups in total. The third kappa shape index (κ3) is 3.13. The van der Waals surface area contributed by atoms with Crippen LogP contribution in [0.2, 0.25) is 0 Å². The summed E-state index contributed by atoms with van der Waals surface area (Å²) in [6.45, 7) is 1.87. The highest BCUT2D eigenvalue weighted by atomic mass is 19.4. The van der Waals surface area contributed by atoms with Gasteiger partial charge in [-0.2, -0.15) is 13.2 Å². The van der Waals surface area contributed by atoms with Gasteiger partial charge in [0.05, 0.1) is 5.56 Å². The molecule has 3 aromatic rings. The number of anilines is 1. The zero-order valence-electron chi connectivity index (χ0n) is 13.1. The first-order chi connectivity index (χ1) is 11.4. The van der Waals surface area contributed by atoms with Crippen molar-refractivity contribution < 1.29 is 17.9 Å². The molecule has 0 aliphatic rings. The van der Waals surface area contributed by atoms with Gasteiger partial charge in [0.2, 0.25) is 0 Å². The molecule has 3 nitrogen and oxygen atoms in total. The molecule has 0 amide bonds. The second kappa shape index (κ2) is 6.03. The predicted molar refractivity (Wildman–Crippen MR) is 87.5 cm³/mol. The number of nitrogens with zero attached hydrogens (tertiary/aromatic N) is 1. The molecule has 2 aromatic carbocycles. The van der Waals surface area contributed by atoms with Crippen molar-refractivity contribution in [2.75, 3.05) is 12.4 Å². The lowest BCUT2D eigenvalue weighted by Crippen LogP contribution is -2.04. The second-order valence-corrected chi connectivity index (χ2v) is 5.33. The maximum atomic E-state index is 12.6. The molecule has 0 bridgehead atoms. The van der Waals surface area contributed by atoms with E-state index < -0.39 is 11.7 Å². The van der Waals surface area contributed by atoms with Crippen molar-refractivity contribution in [1.29, 1.82) is 0 Å². The van der Waals surface area contributed by atoms with Gasteiger partial charge in [0.1, 0.15) is 11.3 Å². The van der Waals surface area contributed by atoms with Crippen LogP contribution in [0.5, 0.6) is 11.5 Å². The van der Waals surface area contributed by atoms with Crippen molar-refractivity contribution in [3.63, 3.8) is 0 Å². The van der Waals surface area contributed by atoms with E-state index in [0.717, 1.165) is 28.9 Å². The number of benzene rings is 2. The van der Waals surface area contributed by atoms with Gasteiger partial charge < -0.3 is 10.1 Å². The molecule has 6 heteroatoms. The number of hydrogen-bond acceptors (Lipinski definition) is 3. The molecule has 0 aliphatic heterocycles. The van der Waals surface area contributed by atoms with Crippen LogP contribution < -0.4 is 10.1 Å². The average Bonchev–Trinajstić information content (AvgIpc) is 2.55. The van der Waals surface area contributed by atoms with E-state index in [4.69, 9.17) is 4.74 Å². The lowest BCUT2D eigenvalue weighted by atomic mass is 10.1. The second-order valence-electron chi connectivity index (χ2n) is 5.33. The smallest absolute Gasteiger partial charge is 0.416 e. The molecular weight excluding hydrogens is 317 g/mol. The Morgan fingerprint density at radius 1 is 0.958 bits per heavy atom. The fourth-order valence-electron chi connectivity index (χ4n) is 2.43. The Hall–Kier alpha value is -2.76. The summed E-state index contributed by atoms with van der Waals surface area (Å²) in [5.74, 6) is 0.817. The van der Waals surface area contributed by atoms with Gasteiger partial charge in [-0.25, -0.2) is 4.98 Å². The maximum Gasteiger partial charge on any atom is 0.416 e. The minimum absolute atomic E-state index is 0.324. The van der Waals surface area contributed by atoms with Gasteiger partial charge >= 0.3 is 6.18 Å². The topological polar surface area (TPSA) is 34.1 Å². The summed E-state index contributed by atoms with van der Waals surface area (Å²) in [7, 11) is 1.81. The normalized spacial score (nSPS) is 11.5. The van der Waals surface area contributed by atoms with E-state index >= 15 is 0 Å². The van der Waals surface area contributed by atoms with Crippen LogP contribution in [0.15, 0.2) is 48.5 Å². The first kappa shape index (κ1) is 16.1. The molecule has 0 saturated heterocycles. The molecule has 24 heavy (non-hydrogen) atoms. The zero-order valence-corrected chi connectivity index (χ0v) is 13.1. The van der Waals surface area contributed by atoms with Gasteiger partial charge in [-0.3, -0.25) is 0 Å². The molecule has 0 spiro atoms. The first-order valence-electron chi connectivity index (χ1n) is 7.32. The van der Waals surface area contributed by atoms with Crippen molar-refractivity contribution in [3.8, 4) is 11.5 Å². The summed E-state index contributed by atoms with van der Waals surface area (Å²) in [6, 6.07) is 12.0. The van der Waals surface area contributed by atoms with Gasteiger partial charge in [-0.15, -0.1) is 0 Å². The summed E-state index contributed by atoms with van der Waals surface area (Å²) in [5, 5.41) is 3.97. The molecule has 1 aromatic heterocycles. The van der Waals surface area contributed by atoms with E-state index in [1.165, 1.54) is 12.1 Å². The molecule has 0 unspecified atom stereocenters. The Morgan fingerprint density at radius 2 is 1.67 bits per heavy atom. The highest BCUT2D eigenvalue weighted by Crippen LogP contribution is 2.35. The summed E-state index contributed by atoms with van der Waals surface area (Å²) < 4.78 is 43.6. The number of halogens is 3. The van der Waals surface area contributed by atoms with Gasteiger partial charge in [0.15, 0.2) is 5.75 Å².